The van der Waals surface area contributed by atoms with Crippen LogP contribution in [0.4, 0.5) is 0 Å². The smallest absolute Gasteiger partial charge is 0.115 e. The fourth-order valence-electron chi connectivity index (χ4n) is 3.07. The first-order chi connectivity index (χ1) is 7.89. The van der Waals surface area contributed by atoms with Crippen molar-refractivity contribution in [1.82, 2.24) is 14.9 Å². The molecular formula is C13H17N3. The summed E-state index contributed by atoms with van der Waals surface area (Å²) >= 11 is 0. The van der Waals surface area contributed by atoms with E-state index < -0.39 is 0 Å². The molecule has 0 spiro atoms. The second-order valence-corrected chi connectivity index (χ2v) is 4.80. The lowest BCUT2D eigenvalue weighted by Gasteiger charge is -2.28. The Bertz CT molecular complexity index is 375. The van der Waals surface area contributed by atoms with Crippen molar-refractivity contribution in [2.24, 2.45) is 0 Å². The van der Waals surface area contributed by atoms with Crippen molar-refractivity contribution in [3.05, 3.63) is 30.4 Å². The molecule has 3 rings (SSSR count). The Labute approximate surface area is 96.2 Å². The van der Waals surface area contributed by atoms with Crippen LogP contribution in [0.25, 0.3) is 6.08 Å². The van der Waals surface area contributed by atoms with E-state index in [1.807, 2.05) is 12.4 Å². The van der Waals surface area contributed by atoms with Crippen LogP contribution in [-0.4, -0.2) is 33.5 Å². The zero-order chi connectivity index (χ0) is 10.8. The molecule has 1 aromatic rings. The third-order valence-corrected chi connectivity index (χ3v) is 3.87. The first kappa shape index (κ1) is 9.97. The van der Waals surface area contributed by atoms with Crippen molar-refractivity contribution >= 4 is 6.08 Å². The highest BCUT2D eigenvalue weighted by molar-refractivity contribution is 5.48. The molecule has 0 saturated carbocycles. The summed E-state index contributed by atoms with van der Waals surface area (Å²) < 4.78 is 0. The first-order valence-corrected chi connectivity index (χ1v) is 6.08. The molecule has 0 atom stereocenters. The second-order valence-electron chi connectivity index (χ2n) is 4.80. The largest absolute Gasteiger partial charge is 0.294 e. The van der Waals surface area contributed by atoms with Crippen molar-refractivity contribution in [3.8, 4) is 0 Å². The summed E-state index contributed by atoms with van der Waals surface area (Å²) in [7, 11) is 0. The van der Waals surface area contributed by atoms with E-state index in [0.717, 1.165) is 5.56 Å². The Kier molecular flexibility index (Phi) is 2.48. The Morgan fingerprint density at radius 2 is 1.81 bits per heavy atom. The van der Waals surface area contributed by atoms with E-state index in [1.54, 1.807) is 6.33 Å². The summed E-state index contributed by atoms with van der Waals surface area (Å²) in [6.45, 7) is 2.55. The van der Waals surface area contributed by atoms with Gasteiger partial charge in [0.25, 0.3) is 0 Å². The van der Waals surface area contributed by atoms with Crippen LogP contribution >= 0.6 is 0 Å². The number of aromatic nitrogens is 2. The minimum Gasteiger partial charge on any atom is -0.294 e. The monoisotopic (exact) mass is 215 g/mol. The lowest BCUT2D eigenvalue weighted by Crippen LogP contribution is -2.35. The van der Waals surface area contributed by atoms with Crippen LogP contribution in [0.2, 0.25) is 0 Å². The summed E-state index contributed by atoms with van der Waals surface area (Å²) in [5, 5.41) is 0. The Balaban J connectivity index is 1.81. The third kappa shape index (κ3) is 1.65. The second kappa shape index (κ2) is 3.98. The van der Waals surface area contributed by atoms with Crippen LogP contribution in [0.5, 0.6) is 0 Å². The van der Waals surface area contributed by atoms with Crippen molar-refractivity contribution in [2.75, 3.05) is 13.1 Å². The number of hydrogen-bond acceptors (Lipinski definition) is 3. The first-order valence-electron chi connectivity index (χ1n) is 6.08. The Morgan fingerprint density at radius 1 is 1.12 bits per heavy atom. The van der Waals surface area contributed by atoms with Gasteiger partial charge in [-0.2, -0.15) is 0 Å². The number of fused-ring (bicyclic) bond motifs is 1. The molecule has 0 unspecified atom stereocenters. The summed E-state index contributed by atoms with van der Waals surface area (Å²) in [5.74, 6) is 0. The van der Waals surface area contributed by atoms with E-state index in [2.05, 4.69) is 27.0 Å². The molecule has 0 amide bonds. The average molecular weight is 215 g/mol. The summed E-state index contributed by atoms with van der Waals surface area (Å²) in [6, 6.07) is 0. The summed E-state index contributed by atoms with van der Waals surface area (Å²) in [4.78, 5) is 10.7. The molecule has 1 aromatic heterocycles. The predicted molar refractivity (Wildman–Crippen MR) is 63.8 cm³/mol. The highest BCUT2D eigenvalue weighted by atomic mass is 15.2. The maximum absolute atomic E-state index is 4.04. The third-order valence-electron chi connectivity index (χ3n) is 3.87. The van der Waals surface area contributed by atoms with Gasteiger partial charge >= 0.3 is 0 Å². The minimum absolute atomic E-state index is 0.357. The summed E-state index contributed by atoms with van der Waals surface area (Å²) in [5.41, 5.74) is 1.46. The molecule has 0 N–H and O–H groups in total. The fourth-order valence-corrected chi connectivity index (χ4v) is 3.07. The van der Waals surface area contributed by atoms with Gasteiger partial charge in [0.05, 0.1) is 0 Å². The van der Waals surface area contributed by atoms with Gasteiger partial charge in [0.2, 0.25) is 0 Å². The molecule has 2 fully saturated rings. The Hall–Kier alpha value is -1.22. The quantitative estimate of drug-likeness (QED) is 0.756. The van der Waals surface area contributed by atoms with E-state index in [1.165, 1.54) is 38.8 Å². The minimum atomic E-state index is 0.357. The fraction of sp³-hybridized carbons (Fsp3) is 0.538. The molecule has 2 saturated heterocycles. The zero-order valence-electron chi connectivity index (χ0n) is 9.47. The van der Waals surface area contributed by atoms with Gasteiger partial charge in [0.15, 0.2) is 0 Å². The van der Waals surface area contributed by atoms with E-state index in [9.17, 15) is 0 Å². The molecule has 84 valence electrons. The number of nitrogens with zero attached hydrogens (tertiary/aromatic N) is 3. The van der Waals surface area contributed by atoms with Crippen molar-refractivity contribution < 1.29 is 0 Å². The topological polar surface area (TPSA) is 29.0 Å². The molecule has 3 heteroatoms. The van der Waals surface area contributed by atoms with Gasteiger partial charge in [-0.05, 0) is 38.8 Å². The molecule has 0 aromatic carbocycles. The van der Waals surface area contributed by atoms with Crippen LogP contribution < -0.4 is 0 Å². The van der Waals surface area contributed by atoms with E-state index in [4.69, 9.17) is 0 Å². The van der Waals surface area contributed by atoms with Gasteiger partial charge in [-0.1, -0.05) is 12.2 Å². The van der Waals surface area contributed by atoms with E-state index in [-0.39, 0.29) is 0 Å². The number of rotatable bonds is 2. The van der Waals surface area contributed by atoms with Gasteiger partial charge in [-0.15, -0.1) is 0 Å². The maximum atomic E-state index is 4.04. The molecule has 3 heterocycles. The van der Waals surface area contributed by atoms with E-state index >= 15 is 0 Å². The van der Waals surface area contributed by atoms with Crippen molar-refractivity contribution in [2.45, 2.75) is 31.2 Å². The highest BCUT2D eigenvalue weighted by Gasteiger charge is 2.41. The SMILES string of the molecule is C(=CC12CCCN1CCC2)c1cncnc1. The molecule has 0 aliphatic carbocycles. The van der Waals surface area contributed by atoms with Crippen molar-refractivity contribution in [3.63, 3.8) is 0 Å². The lowest BCUT2D eigenvalue weighted by atomic mass is 9.93. The number of hydrogen-bond donors (Lipinski definition) is 0. The van der Waals surface area contributed by atoms with Crippen LogP contribution in [0.3, 0.4) is 0 Å². The van der Waals surface area contributed by atoms with Gasteiger partial charge in [-0.25, -0.2) is 9.97 Å². The predicted octanol–water partition coefficient (Wildman–Crippen LogP) is 2.12. The average Bonchev–Trinajstić information content (AvgIpc) is 2.87. The standard InChI is InChI=1S/C13H17N3/c1-4-13(5-2-8-16(13)7-1)6-3-12-9-14-11-15-10-12/h3,6,9-11H,1-2,4-5,7-8H2. The molecule has 16 heavy (non-hydrogen) atoms. The highest BCUT2D eigenvalue weighted by Crippen LogP contribution is 2.40. The van der Waals surface area contributed by atoms with Crippen LogP contribution in [0, 0.1) is 0 Å². The molecule has 0 radical (unpaired) electrons. The van der Waals surface area contributed by atoms with Crippen LogP contribution in [0.1, 0.15) is 31.2 Å². The van der Waals surface area contributed by atoms with Gasteiger partial charge in [-0.3, -0.25) is 4.90 Å². The van der Waals surface area contributed by atoms with Gasteiger partial charge in [0, 0.05) is 23.5 Å². The van der Waals surface area contributed by atoms with E-state index in [0.29, 0.717) is 5.54 Å². The normalized spacial score (nSPS) is 24.0. The van der Waals surface area contributed by atoms with Gasteiger partial charge < -0.3 is 0 Å². The lowest BCUT2D eigenvalue weighted by molar-refractivity contribution is 0.251. The summed E-state index contributed by atoms with van der Waals surface area (Å²) in [6.07, 6.45) is 15.2. The van der Waals surface area contributed by atoms with Crippen LogP contribution in [0.15, 0.2) is 24.8 Å². The zero-order valence-corrected chi connectivity index (χ0v) is 9.47. The molecule has 2 aliphatic heterocycles. The Morgan fingerprint density at radius 3 is 2.50 bits per heavy atom. The molecule has 3 nitrogen and oxygen atoms in total. The van der Waals surface area contributed by atoms with Crippen molar-refractivity contribution in [1.29, 1.82) is 0 Å². The van der Waals surface area contributed by atoms with Crippen LogP contribution in [-0.2, 0) is 0 Å². The maximum Gasteiger partial charge on any atom is 0.115 e. The molecule has 2 aliphatic rings. The molecular weight excluding hydrogens is 198 g/mol. The molecule has 0 bridgehead atoms. The van der Waals surface area contributed by atoms with Gasteiger partial charge in [0.1, 0.15) is 6.33 Å².